The number of hydrogen-bond donors (Lipinski definition) is 2. The number of aromatic nitrogens is 4. The third-order valence-electron chi connectivity index (χ3n) is 5.53. The van der Waals surface area contributed by atoms with Gasteiger partial charge in [-0.2, -0.15) is 4.98 Å². The summed E-state index contributed by atoms with van der Waals surface area (Å²) >= 11 is 0. The van der Waals surface area contributed by atoms with Crippen LogP contribution in [0.3, 0.4) is 0 Å². The molecule has 1 aliphatic rings. The Balaban J connectivity index is 2.18. The molecule has 3 rings (SSSR count). The lowest BCUT2D eigenvalue weighted by Crippen LogP contribution is -2.34. The number of nitrogens with zero attached hydrogens (tertiary/aromatic N) is 3. The molecule has 1 fully saturated rings. The number of esters is 3. The van der Waals surface area contributed by atoms with E-state index >= 15 is 0 Å². The fourth-order valence-corrected chi connectivity index (χ4v) is 4.22. The molecule has 202 valence electrons. The minimum absolute atomic E-state index is 0.0876. The van der Waals surface area contributed by atoms with Crippen LogP contribution >= 0.6 is 0 Å². The van der Waals surface area contributed by atoms with E-state index in [0.29, 0.717) is 6.42 Å². The third kappa shape index (κ3) is 6.22. The van der Waals surface area contributed by atoms with Crippen LogP contribution in [0.4, 0.5) is 5.95 Å². The lowest BCUT2D eigenvalue weighted by atomic mass is 10.1. The molecule has 3 heterocycles. The summed E-state index contributed by atoms with van der Waals surface area (Å²) in [6.45, 7) is 6.22. The zero-order valence-corrected chi connectivity index (χ0v) is 21.1. The molecule has 1 aliphatic heterocycles. The van der Waals surface area contributed by atoms with Crippen molar-refractivity contribution in [3.63, 3.8) is 0 Å². The first kappa shape index (κ1) is 27.6. The molecule has 2 aromatic rings. The summed E-state index contributed by atoms with van der Waals surface area (Å²) in [5, 5.41) is 2.36. The summed E-state index contributed by atoms with van der Waals surface area (Å²) < 4.78 is 23.9. The number of hydrogen-bond acceptors (Lipinski definition) is 11. The summed E-state index contributed by atoms with van der Waals surface area (Å²) in [5.41, 5.74) is -1.85. The number of ether oxygens (including phenoxy) is 4. The van der Waals surface area contributed by atoms with E-state index in [1.165, 1.54) is 27.7 Å². The molecule has 0 saturated carbocycles. The summed E-state index contributed by atoms with van der Waals surface area (Å²) in [6.07, 6.45) is -3.21. The number of aromatic amines is 1. The quantitative estimate of drug-likeness (QED) is 0.331. The second-order valence-corrected chi connectivity index (χ2v) is 8.42. The molecule has 1 amide bonds. The molecule has 15 nitrogen and oxygen atoms in total. The van der Waals surface area contributed by atoms with E-state index in [1.807, 2.05) is 0 Å². The first-order valence-electron chi connectivity index (χ1n) is 11.6. The van der Waals surface area contributed by atoms with E-state index in [4.69, 9.17) is 18.9 Å². The van der Waals surface area contributed by atoms with Crippen LogP contribution in [0.5, 0.6) is 0 Å². The molecule has 2 N–H and O–H groups in total. The number of anilines is 1. The van der Waals surface area contributed by atoms with E-state index < -0.39 is 59.6 Å². The van der Waals surface area contributed by atoms with Crippen molar-refractivity contribution in [2.75, 3.05) is 11.9 Å². The van der Waals surface area contributed by atoms with Gasteiger partial charge < -0.3 is 18.9 Å². The van der Waals surface area contributed by atoms with Crippen molar-refractivity contribution in [2.45, 2.75) is 78.5 Å². The molecular formula is C22H29N5O10. The molecular weight excluding hydrogens is 494 g/mol. The van der Waals surface area contributed by atoms with Crippen LogP contribution in [-0.4, -0.2) is 67.8 Å². The van der Waals surface area contributed by atoms with Crippen molar-refractivity contribution < 1.29 is 38.1 Å². The van der Waals surface area contributed by atoms with Gasteiger partial charge in [0.05, 0.1) is 6.54 Å². The highest BCUT2D eigenvalue weighted by molar-refractivity contribution is 5.87. The molecule has 37 heavy (non-hydrogen) atoms. The lowest BCUT2D eigenvalue weighted by Gasteiger charge is -2.22. The van der Waals surface area contributed by atoms with Crippen molar-refractivity contribution in [1.29, 1.82) is 0 Å². The molecule has 1 saturated heterocycles. The fourth-order valence-electron chi connectivity index (χ4n) is 4.22. The predicted molar refractivity (Wildman–Crippen MR) is 125 cm³/mol. The Bertz CT molecular complexity index is 1330. The smallest absolute Gasteiger partial charge is 0.332 e. The van der Waals surface area contributed by atoms with Gasteiger partial charge in [0.2, 0.25) is 11.9 Å². The molecule has 0 aromatic carbocycles. The van der Waals surface area contributed by atoms with Crippen molar-refractivity contribution in [1.82, 2.24) is 19.1 Å². The molecule has 15 heteroatoms. The molecule has 0 spiro atoms. The Morgan fingerprint density at radius 3 is 2.41 bits per heavy atom. The van der Waals surface area contributed by atoms with Gasteiger partial charge in [-0.05, 0) is 6.42 Å². The van der Waals surface area contributed by atoms with Crippen LogP contribution in [0.25, 0.3) is 11.2 Å². The van der Waals surface area contributed by atoms with E-state index in [9.17, 15) is 28.8 Å². The van der Waals surface area contributed by atoms with Crippen molar-refractivity contribution >= 4 is 40.9 Å². The maximum Gasteiger partial charge on any atom is 0.332 e. The lowest BCUT2D eigenvalue weighted by molar-refractivity contribution is -0.158. The number of imidazole rings is 1. The van der Waals surface area contributed by atoms with Gasteiger partial charge in [0.15, 0.2) is 17.4 Å². The Labute approximate surface area is 210 Å². The van der Waals surface area contributed by atoms with E-state index in [1.54, 1.807) is 6.92 Å². The van der Waals surface area contributed by atoms with Gasteiger partial charge in [0.1, 0.15) is 24.9 Å². The van der Waals surface area contributed by atoms with Crippen LogP contribution in [0.1, 0.15) is 53.7 Å². The first-order valence-corrected chi connectivity index (χ1v) is 11.6. The predicted octanol–water partition coefficient (Wildman–Crippen LogP) is -0.0313. The molecule has 4 atom stereocenters. The Hall–Kier alpha value is -4.01. The average Bonchev–Trinajstić information content (AvgIpc) is 3.29. The van der Waals surface area contributed by atoms with E-state index in [2.05, 4.69) is 15.3 Å². The minimum atomic E-state index is -1.25. The number of H-pyrrole nitrogens is 1. The SMILES string of the molecule is CC[C@H](OC(C)=O)[C@@H]1C[C@@H](OC(C)=O)[C@H](n2c(=O)n(CCOC(C)=O)c3c(=O)[nH]c(NC(C)=O)nc32)O1. The van der Waals surface area contributed by atoms with E-state index in [0.717, 1.165) is 9.13 Å². The Morgan fingerprint density at radius 1 is 1.14 bits per heavy atom. The van der Waals surface area contributed by atoms with Gasteiger partial charge in [0.25, 0.3) is 5.56 Å². The summed E-state index contributed by atoms with van der Waals surface area (Å²) in [7, 11) is 0. The van der Waals surface area contributed by atoms with Gasteiger partial charge >= 0.3 is 23.6 Å². The molecule has 0 unspecified atom stereocenters. The molecule has 0 aliphatic carbocycles. The van der Waals surface area contributed by atoms with Gasteiger partial charge in [-0.15, -0.1) is 0 Å². The number of carbonyl (C=O) groups excluding carboxylic acids is 4. The third-order valence-corrected chi connectivity index (χ3v) is 5.53. The topological polar surface area (TPSA) is 190 Å². The van der Waals surface area contributed by atoms with Crippen molar-refractivity contribution in [3.05, 3.63) is 20.8 Å². The van der Waals surface area contributed by atoms with Crippen molar-refractivity contribution in [2.24, 2.45) is 0 Å². The van der Waals surface area contributed by atoms with Crippen LogP contribution in [0, 0.1) is 0 Å². The average molecular weight is 523 g/mol. The highest BCUT2D eigenvalue weighted by Crippen LogP contribution is 2.35. The Kier molecular flexibility index (Phi) is 8.47. The standard InChI is InChI=1S/C22H29N5O10/c1-6-14(35-12(4)30)15-9-16(36-13(5)31)20(37-15)27-18-17(19(32)25-21(24-18)23-10(2)28)26(22(27)33)7-8-34-11(3)29/h14-16,20H,6-9H2,1-5H3,(H2,23,24,25,28,32)/t14-,15-,16+,20+/m0/s1. The first-order chi connectivity index (χ1) is 17.4. The summed E-state index contributed by atoms with van der Waals surface area (Å²) in [6, 6.07) is 0. The zero-order valence-electron chi connectivity index (χ0n) is 21.1. The van der Waals surface area contributed by atoms with Crippen molar-refractivity contribution in [3.8, 4) is 0 Å². The van der Waals surface area contributed by atoms with Crippen LogP contribution in [0.2, 0.25) is 0 Å². The van der Waals surface area contributed by atoms with Gasteiger partial charge in [0, 0.05) is 34.1 Å². The number of amides is 1. The summed E-state index contributed by atoms with van der Waals surface area (Å²) in [5.74, 6) is -2.50. The normalized spacial score (nSPS) is 19.9. The molecule has 2 aromatic heterocycles. The maximum atomic E-state index is 13.6. The highest BCUT2D eigenvalue weighted by atomic mass is 16.6. The fraction of sp³-hybridized carbons (Fsp3) is 0.591. The molecule has 0 bridgehead atoms. The second kappa shape index (κ2) is 11.4. The van der Waals surface area contributed by atoms with Crippen LogP contribution in [0.15, 0.2) is 9.59 Å². The summed E-state index contributed by atoms with van der Waals surface area (Å²) in [4.78, 5) is 79.4. The Morgan fingerprint density at radius 2 is 1.84 bits per heavy atom. The number of carbonyl (C=O) groups is 4. The van der Waals surface area contributed by atoms with E-state index in [-0.39, 0.29) is 36.7 Å². The monoisotopic (exact) mass is 523 g/mol. The van der Waals surface area contributed by atoms with Gasteiger partial charge in [-0.3, -0.25) is 38.8 Å². The highest BCUT2D eigenvalue weighted by Gasteiger charge is 2.45. The van der Waals surface area contributed by atoms with Crippen LogP contribution in [-0.2, 0) is 44.7 Å². The number of rotatable bonds is 9. The molecule has 0 radical (unpaired) electrons. The maximum absolute atomic E-state index is 13.6. The number of fused-ring (bicyclic) bond motifs is 1. The second-order valence-electron chi connectivity index (χ2n) is 8.42. The zero-order chi connectivity index (χ0) is 27.4. The number of nitrogens with one attached hydrogen (secondary N) is 2. The minimum Gasteiger partial charge on any atom is -0.464 e. The van der Waals surface area contributed by atoms with Gasteiger partial charge in [-0.1, -0.05) is 6.92 Å². The van der Waals surface area contributed by atoms with Crippen LogP contribution < -0.4 is 16.6 Å². The largest absolute Gasteiger partial charge is 0.464 e. The van der Waals surface area contributed by atoms with Gasteiger partial charge in [-0.25, -0.2) is 9.36 Å².